The van der Waals surface area contributed by atoms with E-state index in [1.165, 1.54) is 28.4 Å². The van der Waals surface area contributed by atoms with Crippen molar-refractivity contribution in [2.75, 3.05) is 43.6 Å². The fourth-order valence-corrected chi connectivity index (χ4v) is 6.54. The number of anilines is 2. The molecule has 1 unspecified atom stereocenters. The number of furan rings is 1. The van der Waals surface area contributed by atoms with Gasteiger partial charge in [-0.15, -0.1) is 0 Å². The molecule has 220 valence electrons. The SMILES string of the molecule is CCN(CC)S(=O)(=O)c1ccc(N2CC(C(=O)OCC(=O)Nc3cc4oc5ccccc5c4cc3OC)CC2=O)cc1. The van der Waals surface area contributed by atoms with Gasteiger partial charge >= 0.3 is 5.97 Å². The summed E-state index contributed by atoms with van der Waals surface area (Å²) in [5.74, 6) is -1.91. The van der Waals surface area contributed by atoms with Crippen molar-refractivity contribution in [3.05, 3.63) is 60.7 Å². The van der Waals surface area contributed by atoms with Crippen LogP contribution in [0.1, 0.15) is 20.3 Å². The van der Waals surface area contributed by atoms with Gasteiger partial charge in [0, 0.05) is 48.6 Å². The highest BCUT2D eigenvalue weighted by Gasteiger charge is 2.36. The highest BCUT2D eigenvalue weighted by molar-refractivity contribution is 7.89. The van der Waals surface area contributed by atoms with Gasteiger partial charge in [-0.2, -0.15) is 4.31 Å². The summed E-state index contributed by atoms with van der Waals surface area (Å²) in [6, 6.07) is 17.0. The molecule has 0 bridgehead atoms. The molecule has 5 rings (SSSR count). The largest absolute Gasteiger partial charge is 0.495 e. The topological polar surface area (TPSA) is 135 Å². The molecule has 12 heteroatoms. The molecular formula is C30H31N3O8S. The molecule has 0 spiro atoms. The number of methoxy groups -OCH3 is 1. The zero-order valence-electron chi connectivity index (χ0n) is 23.5. The van der Waals surface area contributed by atoms with Gasteiger partial charge in [-0.05, 0) is 36.4 Å². The number of esters is 1. The van der Waals surface area contributed by atoms with Crippen LogP contribution in [0.5, 0.6) is 5.75 Å². The summed E-state index contributed by atoms with van der Waals surface area (Å²) < 4.78 is 43.4. The third-order valence-electron chi connectivity index (χ3n) is 7.27. The molecule has 1 aliphatic rings. The fraction of sp³-hybridized carbons (Fsp3) is 0.300. The first-order valence-corrected chi connectivity index (χ1v) is 15.0. The standard InChI is InChI=1S/C30H31N3O8S/c1-4-32(5-2)42(37,38)21-12-10-20(11-13-21)33-17-19(14-29(33)35)30(36)40-18-28(34)31-24-16-26-23(15-27(24)39-3)22-8-6-7-9-25(22)41-26/h6-13,15-16,19H,4-5,14,17-18H2,1-3H3,(H,31,34). The number of amides is 2. The normalized spacial score (nSPS) is 15.5. The number of sulfonamides is 1. The number of hydrogen-bond donors (Lipinski definition) is 1. The van der Waals surface area contributed by atoms with Gasteiger partial charge in [0.2, 0.25) is 15.9 Å². The van der Waals surface area contributed by atoms with Crippen LogP contribution < -0.4 is 15.0 Å². The van der Waals surface area contributed by atoms with E-state index < -0.39 is 34.4 Å². The summed E-state index contributed by atoms with van der Waals surface area (Å²) >= 11 is 0. The quantitative estimate of drug-likeness (QED) is 0.271. The zero-order valence-corrected chi connectivity index (χ0v) is 24.3. The van der Waals surface area contributed by atoms with Crippen molar-refractivity contribution in [3.63, 3.8) is 0 Å². The van der Waals surface area contributed by atoms with Crippen molar-refractivity contribution in [1.29, 1.82) is 0 Å². The Morgan fingerprint density at radius 2 is 1.74 bits per heavy atom. The molecule has 0 aliphatic carbocycles. The Hall–Kier alpha value is -4.42. The molecule has 1 N–H and O–H groups in total. The summed E-state index contributed by atoms with van der Waals surface area (Å²) in [7, 11) is -2.15. The van der Waals surface area contributed by atoms with Crippen LogP contribution in [0.25, 0.3) is 21.9 Å². The average molecular weight is 594 g/mol. The lowest BCUT2D eigenvalue weighted by molar-refractivity contribution is -0.151. The average Bonchev–Trinajstić information content (AvgIpc) is 3.56. The number of rotatable bonds is 10. The maximum absolute atomic E-state index is 12.7. The van der Waals surface area contributed by atoms with Crippen LogP contribution in [-0.2, 0) is 29.1 Å². The van der Waals surface area contributed by atoms with E-state index in [2.05, 4.69) is 5.32 Å². The van der Waals surface area contributed by atoms with Gasteiger partial charge in [0.1, 0.15) is 16.9 Å². The molecule has 2 heterocycles. The van der Waals surface area contributed by atoms with E-state index in [0.29, 0.717) is 41.4 Å². The molecule has 3 aromatic carbocycles. The van der Waals surface area contributed by atoms with Crippen molar-refractivity contribution >= 4 is 61.1 Å². The second-order valence-electron chi connectivity index (χ2n) is 9.79. The number of carbonyl (C=O) groups is 3. The van der Waals surface area contributed by atoms with Gasteiger partial charge in [0.25, 0.3) is 5.91 Å². The van der Waals surface area contributed by atoms with Crippen LogP contribution >= 0.6 is 0 Å². The number of benzene rings is 3. The van der Waals surface area contributed by atoms with Crippen LogP contribution in [0, 0.1) is 5.92 Å². The molecule has 42 heavy (non-hydrogen) atoms. The van der Waals surface area contributed by atoms with Gasteiger partial charge in [0.15, 0.2) is 6.61 Å². The minimum absolute atomic E-state index is 0.0535. The van der Waals surface area contributed by atoms with E-state index in [9.17, 15) is 22.8 Å². The molecule has 0 saturated carbocycles. The summed E-state index contributed by atoms with van der Waals surface area (Å²) in [6.45, 7) is 3.72. The van der Waals surface area contributed by atoms with E-state index >= 15 is 0 Å². The van der Waals surface area contributed by atoms with Gasteiger partial charge in [-0.3, -0.25) is 14.4 Å². The molecule has 0 radical (unpaired) electrons. The maximum Gasteiger partial charge on any atom is 0.311 e. The van der Waals surface area contributed by atoms with Crippen LogP contribution in [0.15, 0.2) is 70.0 Å². The number of para-hydroxylation sites is 1. The summed E-state index contributed by atoms with van der Waals surface area (Å²) in [4.78, 5) is 39.6. The molecule has 2 amide bonds. The zero-order chi connectivity index (χ0) is 30.0. The number of hydrogen-bond acceptors (Lipinski definition) is 8. The third-order valence-corrected chi connectivity index (χ3v) is 9.33. The summed E-state index contributed by atoms with van der Waals surface area (Å²) in [6.07, 6.45) is -0.0868. The Kier molecular flexibility index (Phi) is 8.19. The van der Waals surface area contributed by atoms with Crippen molar-refractivity contribution in [3.8, 4) is 5.75 Å². The minimum Gasteiger partial charge on any atom is -0.495 e. The lowest BCUT2D eigenvalue weighted by Crippen LogP contribution is -2.31. The monoisotopic (exact) mass is 593 g/mol. The summed E-state index contributed by atoms with van der Waals surface area (Å²) in [5, 5.41) is 4.44. The molecule has 4 aromatic rings. The van der Waals surface area contributed by atoms with Gasteiger partial charge in [-0.1, -0.05) is 32.0 Å². The first-order chi connectivity index (χ1) is 20.2. The molecule has 11 nitrogen and oxygen atoms in total. The van der Waals surface area contributed by atoms with Crippen LogP contribution in [0.4, 0.5) is 11.4 Å². The van der Waals surface area contributed by atoms with Gasteiger partial charge in [0.05, 0.1) is 23.6 Å². The maximum atomic E-state index is 12.7. The summed E-state index contributed by atoms with van der Waals surface area (Å²) in [5.41, 5.74) is 2.10. The highest BCUT2D eigenvalue weighted by atomic mass is 32.2. The molecule has 1 aromatic heterocycles. The first-order valence-electron chi connectivity index (χ1n) is 13.5. The third kappa shape index (κ3) is 5.55. The number of fused-ring (bicyclic) bond motifs is 3. The van der Waals surface area contributed by atoms with Crippen LogP contribution in [0.2, 0.25) is 0 Å². The van der Waals surface area contributed by atoms with E-state index in [1.54, 1.807) is 38.1 Å². The molecule has 1 aliphatic heterocycles. The predicted molar refractivity (Wildman–Crippen MR) is 157 cm³/mol. The Morgan fingerprint density at radius 1 is 1.02 bits per heavy atom. The highest BCUT2D eigenvalue weighted by Crippen LogP contribution is 2.36. The van der Waals surface area contributed by atoms with E-state index in [1.807, 2.05) is 24.3 Å². The molecule has 1 atom stereocenters. The molecule has 1 saturated heterocycles. The smallest absolute Gasteiger partial charge is 0.311 e. The van der Waals surface area contributed by atoms with Gasteiger partial charge in [-0.25, -0.2) is 8.42 Å². The van der Waals surface area contributed by atoms with Crippen molar-refractivity contribution in [1.82, 2.24) is 4.31 Å². The van der Waals surface area contributed by atoms with Crippen LogP contribution in [0.3, 0.4) is 0 Å². The van der Waals surface area contributed by atoms with E-state index in [0.717, 1.165) is 10.8 Å². The number of carbonyl (C=O) groups excluding carboxylic acids is 3. The number of nitrogens with zero attached hydrogens (tertiary/aromatic N) is 2. The second kappa shape index (κ2) is 11.8. The van der Waals surface area contributed by atoms with Crippen LogP contribution in [-0.4, -0.2) is 63.9 Å². The molecule has 1 fully saturated rings. The number of nitrogens with one attached hydrogen (secondary N) is 1. The van der Waals surface area contributed by atoms with E-state index in [-0.39, 0.29) is 23.8 Å². The second-order valence-corrected chi connectivity index (χ2v) is 11.7. The fourth-order valence-electron chi connectivity index (χ4n) is 5.08. The Morgan fingerprint density at radius 3 is 2.43 bits per heavy atom. The number of ether oxygens (including phenoxy) is 2. The first kappa shape index (κ1) is 29.1. The van der Waals surface area contributed by atoms with Crippen molar-refractivity contribution in [2.45, 2.75) is 25.2 Å². The Balaban J connectivity index is 1.20. The Bertz CT molecular complexity index is 1760. The predicted octanol–water partition coefficient (Wildman–Crippen LogP) is 4.16. The minimum atomic E-state index is -3.63. The molecular weight excluding hydrogens is 562 g/mol. The van der Waals surface area contributed by atoms with Crippen molar-refractivity contribution in [2.24, 2.45) is 5.92 Å². The van der Waals surface area contributed by atoms with Gasteiger partial charge < -0.3 is 24.1 Å². The van der Waals surface area contributed by atoms with Crippen molar-refractivity contribution < 1.29 is 36.7 Å². The lowest BCUT2D eigenvalue weighted by atomic mass is 10.1. The van der Waals surface area contributed by atoms with E-state index in [4.69, 9.17) is 13.9 Å². The lowest BCUT2D eigenvalue weighted by Gasteiger charge is -2.20. The Labute approximate surface area is 243 Å².